The molecule has 1 rings (SSSR count). The van der Waals surface area contributed by atoms with Gasteiger partial charge in [0.2, 0.25) is 0 Å². The molecule has 0 bridgehead atoms. The number of carbonyl (C=O) groups is 1. The number of unbranched alkanes of at least 4 members (excludes halogenated alkanes) is 1. The molecule has 4 heteroatoms. The summed E-state index contributed by atoms with van der Waals surface area (Å²) in [6.07, 6.45) is 4.73. The molecule has 0 amide bonds. The second-order valence-electron chi connectivity index (χ2n) is 4.63. The standard InChI is InChI=1S/C12H24N2O2/c1-4-5-8-14(2)9-11(12(15)16-3)13-10-6-7-10/h10-11,13H,4-9H2,1-3H3. The monoisotopic (exact) mass is 228 g/mol. The minimum atomic E-state index is -0.167. The summed E-state index contributed by atoms with van der Waals surface area (Å²) in [5.74, 6) is -0.143. The molecule has 0 saturated heterocycles. The van der Waals surface area contributed by atoms with Crippen molar-refractivity contribution in [3.8, 4) is 0 Å². The summed E-state index contributed by atoms with van der Waals surface area (Å²) in [7, 11) is 3.51. The number of methoxy groups -OCH3 is 1. The predicted molar refractivity (Wildman–Crippen MR) is 64.4 cm³/mol. The van der Waals surface area contributed by atoms with Crippen molar-refractivity contribution >= 4 is 5.97 Å². The molecule has 4 nitrogen and oxygen atoms in total. The lowest BCUT2D eigenvalue weighted by molar-refractivity contribution is -0.143. The Balaban J connectivity index is 2.32. The van der Waals surface area contributed by atoms with E-state index in [1.165, 1.54) is 32.8 Å². The van der Waals surface area contributed by atoms with E-state index in [1.807, 2.05) is 0 Å². The van der Waals surface area contributed by atoms with Crippen LogP contribution in [-0.4, -0.2) is 50.2 Å². The third-order valence-corrected chi connectivity index (χ3v) is 2.89. The van der Waals surface area contributed by atoms with Crippen LogP contribution >= 0.6 is 0 Å². The van der Waals surface area contributed by atoms with Gasteiger partial charge in [0.15, 0.2) is 0 Å². The van der Waals surface area contributed by atoms with Crippen LogP contribution in [0.3, 0.4) is 0 Å². The van der Waals surface area contributed by atoms with Crippen molar-refractivity contribution in [2.45, 2.75) is 44.7 Å². The number of carbonyl (C=O) groups excluding carboxylic acids is 1. The van der Waals surface area contributed by atoms with Crippen molar-refractivity contribution in [1.82, 2.24) is 10.2 Å². The Kier molecular flexibility index (Phi) is 5.77. The Morgan fingerprint density at radius 3 is 2.75 bits per heavy atom. The Labute approximate surface area is 98.3 Å². The van der Waals surface area contributed by atoms with Crippen molar-refractivity contribution in [3.05, 3.63) is 0 Å². The highest BCUT2D eigenvalue weighted by Crippen LogP contribution is 2.19. The molecule has 0 aromatic heterocycles. The molecule has 1 aliphatic carbocycles. The fourth-order valence-corrected chi connectivity index (χ4v) is 1.70. The smallest absolute Gasteiger partial charge is 0.324 e. The van der Waals surface area contributed by atoms with Crippen LogP contribution in [0.2, 0.25) is 0 Å². The number of rotatable bonds is 8. The molecule has 1 aliphatic rings. The molecule has 0 aromatic carbocycles. The number of hydrogen-bond acceptors (Lipinski definition) is 4. The molecule has 1 atom stereocenters. The molecular weight excluding hydrogens is 204 g/mol. The number of nitrogens with zero attached hydrogens (tertiary/aromatic N) is 1. The highest BCUT2D eigenvalue weighted by molar-refractivity contribution is 5.76. The average molecular weight is 228 g/mol. The van der Waals surface area contributed by atoms with Crippen LogP contribution in [0, 0.1) is 0 Å². The van der Waals surface area contributed by atoms with E-state index in [-0.39, 0.29) is 12.0 Å². The van der Waals surface area contributed by atoms with Crippen molar-refractivity contribution in [2.75, 3.05) is 27.2 Å². The third kappa shape index (κ3) is 4.94. The van der Waals surface area contributed by atoms with Crippen molar-refractivity contribution in [3.63, 3.8) is 0 Å². The minimum absolute atomic E-state index is 0.143. The summed E-state index contributed by atoms with van der Waals surface area (Å²) in [4.78, 5) is 13.8. The molecule has 0 heterocycles. The molecule has 1 fully saturated rings. The summed E-state index contributed by atoms with van der Waals surface area (Å²) in [5, 5.41) is 3.33. The lowest BCUT2D eigenvalue weighted by Crippen LogP contribution is -2.46. The Morgan fingerprint density at radius 1 is 1.56 bits per heavy atom. The summed E-state index contributed by atoms with van der Waals surface area (Å²) >= 11 is 0. The number of esters is 1. The zero-order valence-corrected chi connectivity index (χ0v) is 10.7. The maximum absolute atomic E-state index is 11.6. The van der Waals surface area contributed by atoms with Crippen molar-refractivity contribution in [1.29, 1.82) is 0 Å². The van der Waals surface area contributed by atoms with E-state index in [0.717, 1.165) is 13.1 Å². The molecule has 0 aliphatic heterocycles. The van der Waals surface area contributed by atoms with Crippen LogP contribution in [0.25, 0.3) is 0 Å². The van der Waals surface area contributed by atoms with Crippen LogP contribution in [0.1, 0.15) is 32.6 Å². The maximum atomic E-state index is 11.6. The molecule has 16 heavy (non-hydrogen) atoms. The van der Waals surface area contributed by atoms with Gasteiger partial charge in [0.25, 0.3) is 0 Å². The third-order valence-electron chi connectivity index (χ3n) is 2.89. The van der Waals surface area contributed by atoms with Gasteiger partial charge in [-0.3, -0.25) is 4.79 Å². The van der Waals surface area contributed by atoms with Crippen LogP contribution in [0.4, 0.5) is 0 Å². The molecule has 0 radical (unpaired) electrons. The highest BCUT2D eigenvalue weighted by atomic mass is 16.5. The Hall–Kier alpha value is -0.610. The first-order chi connectivity index (χ1) is 7.67. The number of likely N-dealkylation sites (N-methyl/N-ethyl adjacent to an activating group) is 1. The summed E-state index contributed by atoms with van der Waals surface area (Å²) in [6, 6.07) is 0.364. The quantitative estimate of drug-likeness (QED) is 0.630. The minimum Gasteiger partial charge on any atom is -0.468 e. The first-order valence-electron chi connectivity index (χ1n) is 6.19. The van der Waals surface area contributed by atoms with Gasteiger partial charge in [-0.25, -0.2) is 0 Å². The second kappa shape index (κ2) is 6.86. The van der Waals surface area contributed by atoms with Gasteiger partial charge in [-0.1, -0.05) is 13.3 Å². The van der Waals surface area contributed by atoms with Crippen LogP contribution < -0.4 is 5.32 Å². The Bertz CT molecular complexity index is 217. The molecule has 1 N–H and O–H groups in total. The van der Waals surface area contributed by atoms with Gasteiger partial charge in [0, 0.05) is 12.6 Å². The lowest BCUT2D eigenvalue weighted by Gasteiger charge is -2.23. The van der Waals surface area contributed by atoms with E-state index in [2.05, 4.69) is 24.2 Å². The molecule has 1 saturated carbocycles. The molecule has 0 spiro atoms. The summed E-state index contributed by atoms with van der Waals surface area (Å²) < 4.78 is 4.82. The zero-order valence-electron chi connectivity index (χ0n) is 10.7. The first kappa shape index (κ1) is 13.5. The van der Waals surface area contributed by atoms with Gasteiger partial charge in [-0.2, -0.15) is 0 Å². The van der Waals surface area contributed by atoms with E-state index < -0.39 is 0 Å². The topological polar surface area (TPSA) is 41.6 Å². The normalized spacial score (nSPS) is 17.5. The Morgan fingerprint density at radius 2 is 2.25 bits per heavy atom. The van der Waals surface area contributed by atoms with E-state index in [0.29, 0.717) is 6.04 Å². The van der Waals surface area contributed by atoms with Gasteiger partial charge in [-0.15, -0.1) is 0 Å². The zero-order chi connectivity index (χ0) is 12.0. The van der Waals surface area contributed by atoms with Gasteiger partial charge >= 0.3 is 5.97 Å². The summed E-state index contributed by atoms with van der Waals surface area (Å²) in [5.41, 5.74) is 0. The van der Waals surface area contributed by atoms with Crippen molar-refractivity contribution < 1.29 is 9.53 Å². The van der Waals surface area contributed by atoms with Crippen LogP contribution in [-0.2, 0) is 9.53 Å². The van der Waals surface area contributed by atoms with Crippen LogP contribution in [0.5, 0.6) is 0 Å². The number of hydrogen-bond donors (Lipinski definition) is 1. The van der Waals surface area contributed by atoms with E-state index in [4.69, 9.17) is 4.74 Å². The fourth-order valence-electron chi connectivity index (χ4n) is 1.70. The first-order valence-corrected chi connectivity index (χ1v) is 6.19. The van der Waals surface area contributed by atoms with E-state index >= 15 is 0 Å². The van der Waals surface area contributed by atoms with Gasteiger partial charge in [0.05, 0.1) is 7.11 Å². The predicted octanol–water partition coefficient (Wildman–Crippen LogP) is 1.01. The molecule has 94 valence electrons. The van der Waals surface area contributed by atoms with E-state index in [9.17, 15) is 4.79 Å². The van der Waals surface area contributed by atoms with Gasteiger partial charge in [0.1, 0.15) is 6.04 Å². The van der Waals surface area contributed by atoms with Crippen molar-refractivity contribution in [2.24, 2.45) is 0 Å². The highest BCUT2D eigenvalue weighted by Gasteiger charge is 2.29. The molecule has 0 aromatic rings. The second-order valence-corrected chi connectivity index (χ2v) is 4.63. The lowest BCUT2D eigenvalue weighted by atomic mass is 10.2. The molecule has 1 unspecified atom stereocenters. The van der Waals surface area contributed by atoms with Gasteiger partial charge in [-0.05, 0) is 32.9 Å². The number of ether oxygens (including phenoxy) is 1. The van der Waals surface area contributed by atoms with Gasteiger partial charge < -0.3 is 15.0 Å². The number of nitrogens with one attached hydrogen (secondary N) is 1. The largest absolute Gasteiger partial charge is 0.468 e. The maximum Gasteiger partial charge on any atom is 0.324 e. The fraction of sp³-hybridized carbons (Fsp3) is 0.917. The average Bonchev–Trinajstić information content (AvgIpc) is 3.08. The molecular formula is C12H24N2O2. The van der Waals surface area contributed by atoms with Crippen LogP contribution in [0.15, 0.2) is 0 Å². The SMILES string of the molecule is CCCCN(C)CC(NC1CC1)C(=O)OC. The van der Waals surface area contributed by atoms with E-state index in [1.54, 1.807) is 0 Å². The summed E-state index contributed by atoms with van der Waals surface area (Å²) in [6.45, 7) is 3.95.